The Morgan fingerprint density at radius 2 is 1.86 bits per heavy atom. The van der Waals surface area contributed by atoms with Crippen LogP contribution in [0.1, 0.15) is 5.69 Å². The zero-order valence-electron chi connectivity index (χ0n) is 10.3. The highest BCUT2D eigenvalue weighted by Crippen LogP contribution is 2.27. The molecule has 0 amide bonds. The lowest BCUT2D eigenvalue weighted by molar-refractivity contribution is -0.384. The normalized spacial score (nSPS) is 11.5. The molecule has 0 aliphatic rings. The van der Waals surface area contributed by atoms with Gasteiger partial charge >= 0.3 is 11.9 Å². The number of rotatable bonds is 2. The summed E-state index contributed by atoms with van der Waals surface area (Å²) in [5.41, 5.74) is -5.55. The maximum absolute atomic E-state index is 12.5. The highest BCUT2D eigenvalue weighted by Gasteiger charge is 2.33. The molecule has 0 aliphatic carbocycles. The third kappa shape index (κ3) is 2.86. The van der Waals surface area contributed by atoms with Crippen molar-refractivity contribution in [1.82, 2.24) is 9.55 Å². The summed E-state index contributed by atoms with van der Waals surface area (Å²) in [7, 11) is 0. The summed E-state index contributed by atoms with van der Waals surface area (Å²) in [6.07, 6.45) is -4.93. The molecule has 22 heavy (non-hydrogen) atoms. The number of hydrogen-bond donors (Lipinski definition) is 1. The number of aromatic nitrogens is 2. The van der Waals surface area contributed by atoms with Crippen molar-refractivity contribution in [2.24, 2.45) is 0 Å². The van der Waals surface area contributed by atoms with Crippen LogP contribution in [0.4, 0.5) is 18.9 Å². The third-order valence-electron chi connectivity index (χ3n) is 2.61. The molecule has 0 radical (unpaired) electrons. The molecule has 1 N–H and O–H groups in total. The van der Waals surface area contributed by atoms with E-state index in [2.05, 4.69) is 0 Å². The van der Waals surface area contributed by atoms with Crippen molar-refractivity contribution >= 4 is 17.3 Å². The molecular formula is C11H5ClF3N3O4. The van der Waals surface area contributed by atoms with E-state index in [4.69, 9.17) is 11.6 Å². The highest BCUT2D eigenvalue weighted by molar-refractivity contribution is 6.30. The topological polar surface area (TPSA) is 98.0 Å². The zero-order chi connectivity index (χ0) is 16.7. The number of nitrogens with zero attached hydrogens (tertiary/aromatic N) is 2. The van der Waals surface area contributed by atoms with Crippen LogP contribution in [0, 0.1) is 10.1 Å². The highest BCUT2D eigenvalue weighted by atomic mass is 35.5. The molecule has 0 atom stereocenters. The van der Waals surface area contributed by atoms with Crippen LogP contribution in [0.5, 0.6) is 0 Å². The Morgan fingerprint density at radius 1 is 1.23 bits per heavy atom. The molecule has 1 heterocycles. The van der Waals surface area contributed by atoms with Gasteiger partial charge < -0.3 is 4.98 Å². The van der Waals surface area contributed by atoms with E-state index >= 15 is 0 Å². The minimum absolute atomic E-state index is 0.0353. The number of halogens is 4. The van der Waals surface area contributed by atoms with Crippen LogP contribution in [0.15, 0.2) is 33.9 Å². The van der Waals surface area contributed by atoms with Gasteiger partial charge in [0, 0.05) is 17.2 Å². The molecule has 0 fully saturated rings. The molecule has 0 saturated carbocycles. The van der Waals surface area contributed by atoms with Crippen molar-refractivity contribution in [2.45, 2.75) is 6.18 Å². The van der Waals surface area contributed by atoms with E-state index in [1.54, 1.807) is 0 Å². The molecular weight excluding hydrogens is 331 g/mol. The predicted molar refractivity (Wildman–Crippen MR) is 69.3 cm³/mol. The summed E-state index contributed by atoms with van der Waals surface area (Å²) in [5.74, 6) is 0. The Balaban J connectivity index is 2.78. The van der Waals surface area contributed by atoms with Gasteiger partial charge in [0.25, 0.3) is 11.2 Å². The number of benzene rings is 1. The summed E-state index contributed by atoms with van der Waals surface area (Å²) < 4.78 is 37.7. The largest absolute Gasteiger partial charge is 0.431 e. The number of nitro benzene ring substituents is 1. The van der Waals surface area contributed by atoms with Gasteiger partial charge in [0.1, 0.15) is 11.4 Å². The van der Waals surface area contributed by atoms with Crippen LogP contribution in [0.3, 0.4) is 0 Å². The van der Waals surface area contributed by atoms with E-state index < -0.39 is 39.4 Å². The van der Waals surface area contributed by atoms with Crippen molar-refractivity contribution in [3.05, 3.63) is 65.9 Å². The van der Waals surface area contributed by atoms with Gasteiger partial charge in [0.2, 0.25) is 0 Å². The molecule has 116 valence electrons. The minimum atomic E-state index is -4.93. The molecule has 0 bridgehead atoms. The monoisotopic (exact) mass is 335 g/mol. The van der Waals surface area contributed by atoms with Gasteiger partial charge in [0.05, 0.1) is 4.92 Å². The Kier molecular flexibility index (Phi) is 3.79. The standard InChI is InChI=1S/C11H5ClF3N3O4/c12-5-1-2-6(7(3-5)18(21)22)17-9(19)4-8(11(13,14)15)16-10(17)20/h1-4H,(H,16,20). The second kappa shape index (κ2) is 5.30. The van der Waals surface area contributed by atoms with Crippen LogP contribution in [-0.4, -0.2) is 14.5 Å². The average molecular weight is 336 g/mol. The van der Waals surface area contributed by atoms with Gasteiger partial charge in [-0.05, 0) is 12.1 Å². The van der Waals surface area contributed by atoms with E-state index in [1.807, 2.05) is 0 Å². The fourth-order valence-electron chi connectivity index (χ4n) is 1.71. The number of hydrogen-bond acceptors (Lipinski definition) is 4. The van der Waals surface area contributed by atoms with E-state index in [-0.39, 0.29) is 15.7 Å². The quantitative estimate of drug-likeness (QED) is 0.671. The van der Waals surface area contributed by atoms with Crippen LogP contribution in [0.25, 0.3) is 5.69 Å². The fourth-order valence-corrected chi connectivity index (χ4v) is 1.87. The summed E-state index contributed by atoms with van der Waals surface area (Å²) >= 11 is 5.59. The van der Waals surface area contributed by atoms with Crippen molar-refractivity contribution in [3.8, 4) is 5.69 Å². The molecule has 2 aromatic rings. The van der Waals surface area contributed by atoms with E-state index in [0.29, 0.717) is 0 Å². The maximum atomic E-state index is 12.5. The molecule has 1 aromatic heterocycles. The van der Waals surface area contributed by atoms with Gasteiger partial charge in [-0.2, -0.15) is 13.2 Å². The minimum Gasteiger partial charge on any atom is -0.303 e. The van der Waals surface area contributed by atoms with E-state index in [1.165, 1.54) is 4.98 Å². The second-order valence-electron chi connectivity index (χ2n) is 4.05. The Hall–Kier alpha value is -2.62. The molecule has 0 unspecified atom stereocenters. The van der Waals surface area contributed by atoms with Crippen molar-refractivity contribution in [3.63, 3.8) is 0 Å². The average Bonchev–Trinajstić information content (AvgIpc) is 2.38. The smallest absolute Gasteiger partial charge is 0.303 e. The van der Waals surface area contributed by atoms with Crippen LogP contribution in [0.2, 0.25) is 5.02 Å². The SMILES string of the molecule is O=c1cc(C(F)(F)F)[nH]c(=O)n1-c1ccc(Cl)cc1[N+](=O)[O-]. The van der Waals surface area contributed by atoms with Crippen LogP contribution < -0.4 is 11.2 Å². The molecule has 0 saturated heterocycles. The third-order valence-corrected chi connectivity index (χ3v) is 2.85. The first-order valence-electron chi connectivity index (χ1n) is 5.49. The van der Waals surface area contributed by atoms with E-state index in [9.17, 15) is 32.9 Å². The zero-order valence-corrected chi connectivity index (χ0v) is 11.1. The fraction of sp³-hybridized carbons (Fsp3) is 0.0909. The van der Waals surface area contributed by atoms with Gasteiger partial charge in [0.15, 0.2) is 0 Å². The first kappa shape index (κ1) is 15.8. The lowest BCUT2D eigenvalue weighted by atomic mass is 10.2. The summed E-state index contributed by atoms with van der Waals surface area (Å²) in [6.45, 7) is 0. The van der Waals surface area contributed by atoms with Crippen molar-refractivity contribution in [1.29, 1.82) is 0 Å². The van der Waals surface area contributed by atoms with Gasteiger partial charge in [-0.3, -0.25) is 14.9 Å². The second-order valence-corrected chi connectivity index (χ2v) is 4.49. The van der Waals surface area contributed by atoms with E-state index in [0.717, 1.165) is 18.2 Å². The Labute approximate surface area is 123 Å². The predicted octanol–water partition coefficient (Wildman–Crippen LogP) is 2.11. The molecule has 0 spiro atoms. The van der Waals surface area contributed by atoms with Gasteiger partial charge in [-0.25, -0.2) is 9.36 Å². The van der Waals surface area contributed by atoms with Crippen LogP contribution in [-0.2, 0) is 6.18 Å². The molecule has 2 rings (SSSR count). The molecule has 0 aliphatic heterocycles. The number of alkyl halides is 3. The number of H-pyrrole nitrogens is 1. The number of nitrogens with one attached hydrogen (secondary N) is 1. The summed E-state index contributed by atoms with van der Waals surface area (Å²) in [6, 6.07) is 3.16. The van der Waals surface area contributed by atoms with Crippen LogP contribution >= 0.6 is 11.6 Å². The van der Waals surface area contributed by atoms with Gasteiger partial charge in [-0.15, -0.1) is 0 Å². The molecule has 7 nitrogen and oxygen atoms in total. The van der Waals surface area contributed by atoms with Crippen molar-refractivity contribution in [2.75, 3.05) is 0 Å². The molecule has 11 heteroatoms. The Bertz CT molecular complexity index is 841. The maximum Gasteiger partial charge on any atom is 0.431 e. The lowest BCUT2D eigenvalue weighted by Gasteiger charge is -2.09. The van der Waals surface area contributed by atoms with Crippen molar-refractivity contribution < 1.29 is 18.1 Å². The lowest BCUT2D eigenvalue weighted by Crippen LogP contribution is -2.36. The number of aromatic amines is 1. The number of nitro groups is 1. The summed E-state index contributed by atoms with van der Waals surface area (Å²) in [5, 5.41) is 10.9. The molecule has 1 aromatic carbocycles. The Morgan fingerprint density at radius 3 is 2.36 bits per heavy atom. The first-order chi connectivity index (χ1) is 10.1. The first-order valence-corrected chi connectivity index (χ1v) is 5.87. The summed E-state index contributed by atoms with van der Waals surface area (Å²) in [4.78, 5) is 35.0. The van der Waals surface area contributed by atoms with Gasteiger partial charge in [-0.1, -0.05) is 11.6 Å².